The van der Waals surface area contributed by atoms with Crippen LogP contribution in [0.4, 0.5) is 19.0 Å². The number of hydrogen-bond donors (Lipinski definition) is 4. The molecule has 0 fully saturated rings. The second-order valence-corrected chi connectivity index (χ2v) is 11.3. The molecule has 0 atom stereocenters. The fourth-order valence-corrected chi connectivity index (χ4v) is 4.47. The molecule has 2 aromatic carbocycles. The van der Waals surface area contributed by atoms with E-state index in [1.165, 1.54) is 41.7 Å². The van der Waals surface area contributed by atoms with E-state index < -0.39 is 17.7 Å². The van der Waals surface area contributed by atoms with Gasteiger partial charge in [0.2, 0.25) is 0 Å². The number of hydrazine groups is 1. The monoisotopic (exact) mass is 756 g/mol. The molecule has 5 N–H and O–H groups in total. The van der Waals surface area contributed by atoms with E-state index in [0.717, 1.165) is 51.5 Å². The lowest BCUT2D eigenvalue weighted by molar-refractivity contribution is -0.137. The second-order valence-electron chi connectivity index (χ2n) is 11.3. The third-order valence-electron chi connectivity index (χ3n) is 6.72. The molecule has 18 heteroatoms. The van der Waals surface area contributed by atoms with Crippen LogP contribution in [0.1, 0.15) is 35.4 Å². The first kappa shape index (κ1) is 42.3. The first-order chi connectivity index (χ1) is 25.8. The van der Waals surface area contributed by atoms with Crippen molar-refractivity contribution in [1.82, 2.24) is 49.9 Å². The number of nitrogens with two attached hydrogens (primary N) is 1. The number of hydrogen-bond acceptors (Lipinski definition) is 11. The van der Waals surface area contributed by atoms with Gasteiger partial charge in [-0.05, 0) is 68.8 Å². The number of carboxylic acid groups (broad SMARTS) is 1. The molecule has 4 heterocycles. The Kier molecular flexibility index (Phi) is 15.6. The number of rotatable bonds is 9. The van der Waals surface area contributed by atoms with Crippen LogP contribution in [0.3, 0.4) is 0 Å². The third-order valence-corrected chi connectivity index (χ3v) is 6.72. The molecule has 0 saturated heterocycles. The molecule has 286 valence electrons. The van der Waals surface area contributed by atoms with Gasteiger partial charge in [0, 0.05) is 60.8 Å². The number of halogens is 3. The van der Waals surface area contributed by atoms with E-state index in [2.05, 4.69) is 52.0 Å². The van der Waals surface area contributed by atoms with Crippen molar-refractivity contribution in [3.63, 3.8) is 0 Å². The average molecular weight is 757 g/mol. The van der Waals surface area contributed by atoms with Gasteiger partial charge in [-0.1, -0.05) is 30.7 Å². The highest BCUT2D eigenvalue weighted by Crippen LogP contribution is 2.32. The maximum absolute atomic E-state index is 12.8. The van der Waals surface area contributed by atoms with Crippen molar-refractivity contribution in [3.05, 3.63) is 132 Å². The van der Waals surface area contributed by atoms with Crippen molar-refractivity contribution in [2.75, 3.05) is 5.43 Å². The highest BCUT2D eigenvalue weighted by atomic mass is 19.4. The molecule has 15 nitrogen and oxygen atoms in total. The van der Waals surface area contributed by atoms with Crippen LogP contribution in [0.25, 0.3) is 35.2 Å². The molecule has 55 heavy (non-hydrogen) atoms. The Morgan fingerprint density at radius 3 is 1.91 bits per heavy atom. The standard InChI is InChI=1S/C17H17N7O.C13H10F3N3O2.C6H8N2.CH4/c1-12-7-13(2)9-14(8-12)17-20-11-24(23-17)6-3-16(25)22-21-15-10-18-4-5-19-15;1-8-4-9(6-10(5-8)13(14,15)16)12-17-7-19(18-12)3-2-11(20)21;7-5-6-3-1-2-4-8-6;/h3-11H,1-2H3,(H,19,21)(H,22,25);2-7H,1H3,(H,20,21);1-4H,5,7H2;1H4/b6-3-;3-2-;;. The smallest absolute Gasteiger partial charge is 0.416 e. The Bertz CT molecular complexity index is 2180. The lowest BCUT2D eigenvalue weighted by Crippen LogP contribution is -2.28. The zero-order valence-corrected chi connectivity index (χ0v) is 29.2. The first-order valence-corrected chi connectivity index (χ1v) is 15.9. The van der Waals surface area contributed by atoms with Crippen LogP contribution in [-0.4, -0.2) is 61.5 Å². The van der Waals surface area contributed by atoms with Gasteiger partial charge < -0.3 is 10.8 Å². The summed E-state index contributed by atoms with van der Waals surface area (Å²) in [4.78, 5) is 42.1. The summed E-state index contributed by atoms with van der Waals surface area (Å²) in [6.07, 6.45) is 9.45. The second kappa shape index (κ2) is 20.2. The molecule has 6 aromatic rings. The number of anilines is 1. The summed E-state index contributed by atoms with van der Waals surface area (Å²) in [6.45, 7) is 6.13. The average Bonchev–Trinajstić information content (AvgIpc) is 3.83. The molecule has 0 radical (unpaired) electrons. The van der Waals surface area contributed by atoms with Crippen LogP contribution in [-0.2, 0) is 22.3 Å². The van der Waals surface area contributed by atoms with E-state index in [1.54, 1.807) is 25.6 Å². The lowest BCUT2D eigenvalue weighted by atomic mass is 10.1. The number of aliphatic carboxylic acids is 1. The van der Waals surface area contributed by atoms with Gasteiger partial charge in [0.15, 0.2) is 17.5 Å². The SMILES string of the molecule is C.Cc1cc(-c2ncn(/C=C\C(=O)O)n2)cc(C(F)(F)F)c1.Cc1cc(C)cc(-c2ncn(/C=C\C(=O)NNc3cnccn3)n2)c1.NCc1ccccn1. The minimum Gasteiger partial charge on any atom is -0.478 e. The Morgan fingerprint density at radius 2 is 1.40 bits per heavy atom. The number of amides is 1. The van der Waals surface area contributed by atoms with Crippen molar-refractivity contribution in [2.45, 2.75) is 40.9 Å². The normalized spacial score (nSPS) is 10.8. The molecule has 0 aliphatic rings. The van der Waals surface area contributed by atoms with Gasteiger partial charge in [0.1, 0.15) is 12.7 Å². The Hall–Kier alpha value is -7.08. The molecule has 4 aromatic heterocycles. The third kappa shape index (κ3) is 14.1. The number of pyridine rings is 1. The minimum absolute atomic E-state index is 0. The minimum atomic E-state index is -4.45. The van der Waals surface area contributed by atoms with Crippen molar-refractivity contribution >= 4 is 30.1 Å². The summed E-state index contributed by atoms with van der Waals surface area (Å²) in [5.74, 6) is -0.382. The fourth-order valence-electron chi connectivity index (χ4n) is 4.47. The van der Waals surface area contributed by atoms with Gasteiger partial charge >= 0.3 is 12.1 Å². The number of aromatic nitrogens is 9. The summed E-state index contributed by atoms with van der Waals surface area (Å²) in [5, 5.41) is 16.7. The predicted molar refractivity (Wildman–Crippen MR) is 201 cm³/mol. The summed E-state index contributed by atoms with van der Waals surface area (Å²) in [6, 6.07) is 15.3. The number of benzene rings is 2. The van der Waals surface area contributed by atoms with Crippen molar-refractivity contribution in [3.8, 4) is 22.8 Å². The molecular weight excluding hydrogens is 717 g/mol. The van der Waals surface area contributed by atoms with Gasteiger partial charge in [-0.3, -0.25) is 25.6 Å². The molecule has 0 saturated carbocycles. The van der Waals surface area contributed by atoms with Crippen molar-refractivity contribution in [2.24, 2.45) is 5.73 Å². The van der Waals surface area contributed by atoms with E-state index in [9.17, 15) is 22.8 Å². The molecule has 0 aliphatic heterocycles. The Morgan fingerprint density at radius 1 is 0.800 bits per heavy atom. The summed E-state index contributed by atoms with van der Waals surface area (Å²) in [7, 11) is 0. The lowest BCUT2D eigenvalue weighted by Gasteiger charge is -2.09. The summed E-state index contributed by atoms with van der Waals surface area (Å²) >= 11 is 0. The predicted octanol–water partition coefficient (Wildman–Crippen LogP) is 5.97. The molecule has 0 unspecified atom stereocenters. The van der Waals surface area contributed by atoms with Crippen LogP contribution in [0.5, 0.6) is 0 Å². The quantitative estimate of drug-likeness (QED) is 0.0995. The number of nitrogens with one attached hydrogen (secondary N) is 2. The zero-order valence-electron chi connectivity index (χ0n) is 29.2. The highest BCUT2D eigenvalue weighted by Gasteiger charge is 2.31. The molecule has 0 spiro atoms. The zero-order chi connectivity index (χ0) is 39.1. The fraction of sp³-hybridized carbons (Fsp3) is 0.162. The number of carbonyl (C=O) groups is 2. The van der Waals surface area contributed by atoms with E-state index in [0.29, 0.717) is 23.8 Å². The van der Waals surface area contributed by atoms with Crippen LogP contribution in [0.2, 0.25) is 0 Å². The van der Waals surface area contributed by atoms with Gasteiger partial charge in [-0.15, -0.1) is 10.2 Å². The molecule has 0 aliphatic carbocycles. The Balaban J connectivity index is 0.000000245. The van der Waals surface area contributed by atoms with E-state index in [-0.39, 0.29) is 24.7 Å². The number of aryl methyl sites for hydroxylation is 3. The number of alkyl halides is 3. The van der Waals surface area contributed by atoms with Gasteiger partial charge in [-0.2, -0.15) is 13.2 Å². The van der Waals surface area contributed by atoms with E-state index >= 15 is 0 Å². The van der Waals surface area contributed by atoms with Crippen LogP contribution in [0.15, 0.2) is 104 Å². The number of carboxylic acids is 1. The van der Waals surface area contributed by atoms with Crippen molar-refractivity contribution < 1.29 is 27.9 Å². The van der Waals surface area contributed by atoms with Gasteiger partial charge in [0.25, 0.3) is 5.91 Å². The Labute approximate surface area is 314 Å². The number of nitrogens with zero attached hydrogens (tertiary/aromatic N) is 9. The summed E-state index contributed by atoms with van der Waals surface area (Å²) < 4.78 is 40.9. The summed E-state index contributed by atoms with van der Waals surface area (Å²) in [5.41, 5.74) is 14.5. The van der Waals surface area contributed by atoms with Gasteiger partial charge in [-0.25, -0.2) is 29.1 Å². The molecular formula is C37H39F3N12O3. The highest BCUT2D eigenvalue weighted by molar-refractivity contribution is 5.90. The largest absolute Gasteiger partial charge is 0.478 e. The van der Waals surface area contributed by atoms with Crippen molar-refractivity contribution in [1.29, 1.82) is 0 Å². The first-order valence-electron chi connectivity index (χ1n) is 15.9. The van der Waals surface area contributed by atoms with Crippen LogP contribution >= 0.6 is 0 Å². The molecule has 1 amide bonds. The molecule has 0 bridgehead atoms. The number of carbonyl (C=O) groups excluding carboxylic acids is 1. The van der Waals surface area contributed by atoms with Crippen LogP contribution in [0, 0.1) is 20.8 Å². The maximum atomic E-state index is 12.8. The topological polar surface area (TPSA) is 205 Å². The van der Waals surface area contributed by atoms with Crippen LogP contribution < -0.4 is 16.6 Å². The maximum Gasteiger partial charge on any atom is 0.416 e. The van der Waals surface area contributed by atoms with Gasteiger partial charge in [0.05, 0.1) is 17.5 Å². The van der Waals surface area contributed by atoms with E-state index in [4.69, 9.17) is 10.8 Å². The van der Waals surface area contributed by atoms with E-state index in [1.807, 2.05) is 44.2 Å². The molecule has 6 rings (SSSR count).